The van der Waals surface area contributed by atoms with E-state index in [0.717, 1.165) is 5.69 Å². The van der Waals surface area contributed by atoms with Crippen molar-refractivity contribution in [2.75, 3.05) is 5.73 Å². The normalized spacial score (nSPS) is 10.8. The third kappa shape index (κ3) is 3.34. The van der Waals surface area contributed by atoms with Gasteiger partial charge in [-0.1, -0.05) is 72.2 Å². The molecule has 5 rings (SSSR count). The average Bonchev–Trinajstić information content (AvgIpc) is 2.71. The highest BCUT2D eigenvalue weighted by molar-refractivity contribution is 6.41. The summed E-state index contributed by atoms with van der Waals surface area (Å²) >= 11 is 0. The van der Waals surface area contributed by atoms with E-state index in [9.17, 15) is 0 Å². The van der Waals surface area contributed by atoms with Crippen molar-refractivity contribution in [3.63, 3.8) is 0 Å². The SMILES string of the molecule is Bc1cccc2ccc3cc4ccccc4cc3c12.Cc1cccc(N)c1C. The van der Waals surface area contributed by atoms with E-state index in [1.165, 1.54) is 48.9 Å². The lowest BCUT2D eigenvalue weighted by atomic mass is 9.87. The number of benzene rings is 5. The van der Waals surface area contributed by atoms with Crippen molar-refractivity contribution in [1.29, 1.82) is 0 Å². The maximum atomic E-state index is 5.62. The summed E-state index contributed by atoms with van der Waals surface area (Å²) in [4.78, 5) is 0. The van der Waals surface area contributed by atoms with Crippen LogP contribution in [-0.2, 0) is 0 Å². The molecule has 0 fully saturated rings. The molecule has 0 unspecified atom stereocenters. The van der Waals surface area contributed by atoms with Gasteiger partial charge in [-0.2, -0.15) is 0 Å². The van der Waals surface area contributed by atoms with E-state index in [-0.39, 0.29) is 0 Å². The predicted molar refractivity (Wildman–Crippen MR) is 127 cm³/mol. The van der Waals surface area contributed by atoms with E-state index in [4.69, 9.17) is 5.73 Å². The van der Waals surface area contributed by atoms with Crippen molar-refractivity contribution in [2.45, 2.75) is 13.8 Å². The third-order valence-corrected chi connectivity index (χ3v) is 5.58. The van der Waals surface area contributed by atoms with Gasteiger partial charge in [0.25, 0.3) is 0 Å². The van der Waals surface area contributed by atoms with Crippen molar-refractivity contribution in [2.24, 2.45) is 0 Å². The lowest BCUT2D eigenvalue weighted by molar-refractivity contribution is 1.35. The Morgan fingerprint density at radius 2 is 1.29 bits per heavy atom. The standard InChI is InChI=1S/C18H13B.C8H11N/c19-17-7-3-6-12-8-9-15-10-13-4-1-2-5-14(13)11-16(15)18(12)17;1-6-4-3-5-8(9)7(6)2/h1-11H,19H2;3-5H,9H2,1-2H3. The van der Waals surface area contributed by atoms with Crippen LogP contribution in [0.2, 0.25) is 0 Å². The molecule has 0 aliphatic heterocycles. The first-order chi connectivity index (χ1) is 13.5. The van der Waals surface area contributed by atoms with Gasteiger partial charge in [-0.05, 0) is 75.5 Å². The molecular weight excluding hydrogens is 337 g/mol. The molecule has 0 aliphatic carbocycles. The summed E-state index contributed by atoms with van der Waals surface area (Å²) in [7, 11) is 2.19. The fraction of sp³-hybridized carbons (Fsp3) is 0.0769. The minimum atomic E-state index is 0.884. The molecule has 0 saturated carbocycles. The number of anilines is 1. The fourth-order valence-corrected chi connectivity index (χ4v) is 3.76. The lowest BCUT2D eigenvalue weighted by Gasteiger charge is -2.08. The Labute approximate surface area is 167 Å². The van der Waals surface area contributed by atoms with Crippen LogP contribution in [0.15, 0.2) is 84.9 Å². The van der Waals surface area contributed by atoms with Crippen molar-refractivity contribution in [3.8, 4) is 0 Å². The maximum Gasteiger partial charge on any atom is 0.140 e. The van der Waals surface area contributed by atoms with Crippen LogP contribution in [0.4, 0.5) is 5.69 Å². The smallest absolute Gasteiger partial charge is 0.140 e. The van der Waals surface area contributed by atoms with E-state index in [1.54, 1.807) is 0 Å². The second-order valence-corrected chi connectivity index (χ2v) is 7.45. The predicted octanol–water partition coefficient (Wildman–Crippen LogP) is 5.29. The van der Waals surface area contributed by atoms with Crippen LogP contribution in [0.1, 0.15) is 11.1 Å². The summed E-state index contributed by atoms with van der Waals surface area (Å²) < 4.78 is 0. The molecule has 0 radical (unpaired) electrons. The van der Waals surface area contributed by atoms with Crippen LogP contribution in [0.5, 0.6) is 0 Å². The molecule has 2 N–H and O–H groups in total. The second-order valence-electron chi connectivity index (χ2n) is 7.45. The Balaban J connectivity index is 0.000000181. The lowest BCUT2D eigenvalue weighted by Crippen LogP contribution is -2.03. The van der Waals surface area contributed by atoms with Crippen LogP contribution in [-0.4, -0.2) is 7.85 Å². The Bertz CT molecular complexity index is 1280. The van der Waals surface area contributed by atoms with Gasteiger partial charge in [-0.3, -0.25) is 0 Å². The van der Waals surface area contributed by atoms with Crippen LogP contribution in [0, 0.1) is 13.8 Å². The summed E-state index contributed by atoms with van der Waals surface area (Å²) in [6.07, 6.45) is 0. The topological polar surface area (TPSA) is 26.0 Å². The maximum absolute atomic E-state index is 5.62. The number of nitrogens with two attached hydrogens (primary N) is 1. The van der Waals surface area contributed by atoms with Crippen LogP contribution in [0.25, 0.3) is 32.3 Å². The molecule has 0 aromatic heterocycles. The molecule has 0 bridgehead atoms. The van der Waals surface area contributed by atoms with Gasteiger partial charge < -0.3 is 5.73 Å². The zero-order valence-corrected chi connectivity index (χ0v) is 16.7. The number of rotatable bonds is 0. The van der Waals surface area contributed by atoms with Crippen LogP contribution in [0.3, 0.4) is 0 Å². The highest BCUT2D eigenvalue weighted by Crippen LogP contribution is 2.28. The molecule has 0 heterocycles. The summed E-state index contributed by atoms with van der Waals surface area (Å²) in [6, 6.07) is 30.1. The number of aryl methyl sites for hydroxylation is 1. The minimum Gasteiger partial charge on any atom is -0.399 e. The first-order valence-electron chi connectivity index (χ1n) is 9.67. The quantitative estimate of drug-likeness (QED) is 0.172. The number of nitrogen functional groups attached to an aromatic ring is 1. The van der Waals surface area contributed by atoms with Gasteiger partial charge in [-0.15, -0.1) is 0 Å². The third-order valence-electron chi connectivity index (χ3n) is 5.58. The van der Waals surface area contributed by atoms with Crippen LogP contribution >= 0.6 is 0 Å². The second kappa shape index (κ2) is 7.40. The van der Waals surface area contributed by atoms with E-state index in [2.05, 4.69) is 87.6 Å². The number of fused-ring (bicyclic) bond motifs is 4. The molecule has 0 amide bonds. The van der Waals surface area contributed by atoms with Gasteiger partial charge >= 0.3 is 0 Å². The Kier molecular flexibility index (Phi) is 4.79. The summed E-state index contributed by atoms with van der Waals surface area (Å²) in [5, 5.41) is 8.00. The first kappa shape index (κ1) is 18.1. The van der Waals surface area contributed by atoms with Gasteiger partial charge in [0.2, 0.25) is 0 Å². The Morgan fingerprint density at radius 3 is 2.00 bits per heavy atom. The summed E-state index contributed by atoms with van der Waals surface area (Å²) in [5.74, 6) is 0. The van der Waals surface area contributed by atoms with E-state index < -0.39 is 0 Å². The molecule has 2 heteroatoms. The van der Waals surface area contributed by atoms with E-state index in [0.29, 0.717) is 0 Å². The van der Waals surface area contributed by atoms with Crippen LogP contribution < -0.4 is 11.2 Å². The largest absolute Gasteiger partial charge is 0.399 e. The number of hydrogen-bond donors (Lipinski definition) is 1. The van der Waals surface area contributed by atoms with E-state index in [1.807, 2.05) is 19.1 Å². The van der Waals surface area contributed by atoms with Gasteiger partial charge in [0.15, 0.2) is 0 Å². The Morgan fingerprint density at radius 1 is 0.643 bits per heavy atom. The van der Waals surface area contributed by atoms with Gasteiger partial charge in [0.05, 0.1) is 0 Å². The molecule has 0 atom stereocenters. The van der Waals surface area contributed by atoms with Crippen molar-refractivity contribution >= 4 is 51.3 Å². The summed E-state index contributed by atoms with van der Waals surface area (Å²) in [5.41, 5.74) is 10.3. The highest BCUT2D eigenvalue weighted by atomic mass is 14.5. The van der Waals surface area contributed by atoms with Gasteiger partial charge in [0, 0.05) is 5.69 Å². The molecule has 136 valence electrons. The molecule has 28 heavy (non-hydrogen) atoms. The van der Waals surface area contributed by atoms with Crippen molar-refractivity contribution in [3.05, 3.63) is 96.1 Å². The molecule has 0 aliphatic rings. The molecular formula is C26H24BN. The minimum absolute atomic E-state index is 0.884. The van der Waals surface area contributed by atoms with Crippen molar-refractivity contribution in [1.82, 2.24) is 0 Å². The van der Waals surface area contributed by atoms with Gasteiger partial charge in [-0.25, -0.2) is 0 Å². The monoisotopic (exact) mass is 361 g/mol. The molecule has 5 aromatic carbocycles. The van der Waals surface area contributed by atoms with Gasteiger partial charge in [0.1, 0.15) is 7.85 Å². The zero-order chi connectivity index (χ0) is 19.7. The molecule has 0 saturated heterocycles. The summed E-state index contributed by atoms with van der Waals surface area (Å²) in [6.45, 7) is 4.09. The van der Waals surface area contributed by atoms with Crippen molar-refractivity contribution < 1.29 is 0 Å². The molecule has 5 aromatic rings. The molecule has 0 spiro atoms. The van der Waals surface area contributed by atoms with E-state index >= 15 is 0 Å². The molecule has 1 nitrogen and oxygen atoms in total. The highest BCUT2D eigenvalue weighted by Gasteiger charge is 2.04. The number of hydrogen-bond acceptors (Lipinski definition) is 1. The Hall–Kier alpha value is -3.26. The zero-order valence-electron chi connectivity index (χ0n) is 16.7. The first-order valence-corrected chi connectivity index (χ1v) is 9.67. The fourth-order valence-electron chi connectivity index (χ4n) is 3.76. The average molecular weight is 361 g/mol.